The second kappa shape index (κ2) is 7.08. The van der Waals surface area contributed by atoms with Crippen LogP contribution in [0.15, 0.2) is 47.8 Å². The molecule has 1 aliphatic rings. The van der Waals surface area contributed by atoms with Crippen molar-refractivity contribution >= 4 is 17.6 Å². The molecule has 126 valence electrons. The van der Waals surface area contributed by atoms with Crippen LogP contribution in [0.5, 0.6) is 0 Å². The Balaban J connectivity index is 2.73. The molecule has 0 saturated heterocycles. The Morgan fingerprint density at radius 2 is 1.67 bits per heavy atom. The number of ether oxygens (including phenoxy) is 2. The number of esters is 2. The van der Waals surface area contributed by atoms with E-state index in [2.05, 4.69) is 9.47 Å². The average Bonchev–Trinajstić information content (AvgIpc) is 2.81. The Morgan fingerprint density at radius 3 is 2.29 bits per heavy atom. The zero-order valence-electron chi connectivity index (χ0n) is 13.3. The molecule has 0 aromatic heterocycles. The lowest BCUT2D eigenvalue weighted by atomic mass is 10.1. The number of benzene rings is 1. The normalized spacial score (nSPS) is 13.8. The van der Waals surface area contributed by atoms with E-state index in [9.17, 15) is 18.4 Å². The number of allylic oxidation sites excluding steroid dienone is 2. The molecule has 1 heterocycles. The number of nitrogens with zero attached hydrogens (tertiary/aromatic N) is 1. The highest BCUT2D eigenvalue weighted by atomic mass is 19.2. The van der Waals surface area contributed by atoms with E-state index in [1.54, 1.807) is 0 Å². The molecule has 0 atom stereocenters. The van der Waals surface area contributed by atoms with Crippen molar-refractivity contribution in [1.29, 1.82) is 0 Å². The summed E-state index contributed by atoms with van der Waals surface area (Å²) < 4.78 is 37.6. The van der Waals surface area contributed by atoms with E-state index in [-0.39, 0.29) is 22.5 Å². The molecule has 7 heteroatoms. The van der Waals surface area contributed by atoms with Crippen LogP contribution < -0.4 is 4.90 Å². The Bertz CT molecular complexity index is 781. The first-order valence-corrected chi connectivity index (χ1v) is 6.92. The lowest BCUT2D eigenvalue weighted by Crippen LogP contribution is -2.27. The van der Waals surface area contributed by atoms with Crippen LogP contribution in [0.2, 0.25) is 0 Å². The lowest BCUT2D eigenvalue weighted by Gasteiger charge is -2.23. The molecule has 1 aromatic carbocycles. The van der Waals surface area contributed by atoms with Crippen LogP contribution in [0.4, 0.5) is 14.5 Å². The van der Waals surface area contributed by atoms with E-state index in [1.165, 1.54) is 43.5 Å². The Kier molecular flexibility index (Phi) is 5.13. The molecule has 0 bridgehead atoms. The van der Waals surface area contributed by atoms with Gasteiger partial charge < -0.3 is 14.4 Å². The van der Waals surface area contributed by atoms with Crippen molar-refractivity contribution in [1.82, 2.24) is 0 Å². The highest BCUT2D eigenvalue weighted by Crippen LogP contribution is 2.30. The van der Waals surface area contributed by atoms with Crippen LogP contribution in [-0.4, -0.2) is 26.2 Å². The number of halogens is 2. The lowest BCUT2D eigenvalue weighted by molar-refractivity contribution is -0.139. The fraction of sp³-hybridized carbons (Fsp3) is 0.176. The van der Waals surface area contributed by atoms with Gasteiger partial charge in [0, 0.05) is 6.20 Å². The summed E-state index contributed by atoms with van der Waals surface area (Å²) in [4.78, 5) is 25.2. The maximum Gasteiger partial charge on any atom is 0.355 e. The molecule has 1 aliphatic heterocycles. The van der Waals surface area contributed by atoms with Gasteiger partial charge in [0.1, 0.15) is 5.70 Å². The molecule has 24 heavy (non-hydrogen) atoms. The van der Waals surface area contributed by atoms with Crippen molar-refractivity contribution in [2.75, 3.05) is 19.1 Å². The largest absolute Gasteiger partial charge is 0.465 e. The standard InChI is InChI=1S/C17H15F2NO4/c1-10-7-8-12(14(19)13(10)18)20-9-5-4-6-11(16(21)23-2)15(20)17(22)24-3/h4-9H,1-3H3. The van der Waals surface area contributed by atoms with E-state index >= 15 is 0 Å². The van der Waals surface area contributed by atoms with Crippen LogP contribution in [0.1, 0.15) is 5.56 Å². The van der Waals surface area contributed by atoms with Crippen molar-refractivity contribution in [3.05, 3.63) is 65.0 Å². The fourth-order valence-electron chi connectivity index (χ4n) is 2.17. The first kappa shape index (κ1) is 17.4. The zero-order chi connectivity index (χ0) is 17.9. The van der Waals surface area contributed by atoms with Gasteiger partial charge in [0.2, 0.25) is 0 Å². The van der Waals surface area contributed by atoms with Crippen LogP contribution >= 0.6 is 0 Å². The predicted molar refractivity (Wildman–Crippen MR) is 82.9 cm³/mol. The molecule has 0 spiro atoms. The molecule has 0 amide bonds. The highest BCUT2D eigenvalue weighted by molar-refractivity contribution is 6.05. The Hall–Kier alpha value is -2.96. The third-order valence-electron chi connectivity index (χ3n) is 3.40. The van der Waals surface area contributed by atoms with Gasteiger partial charge in [-0.05, 0) is 30.7 Å². The van der Waals surface area contributed by atoms with Gasteiger partial charge in [0.25, 0.3) is 0 Å². The van der Waals surface area contributed by atoms with Crippen molar-refractivity contribution in [2.45, 2.75) is 6.92 Å². The van der Waals surface area contributed by atoms with Crippen LogP contribution in [0, 0.1) is 18.6 Å². The molecule has 0 unspecified atom stereocenters. The summed E-state index contributed by atoms with van der Waals surface area (Å²) in [7, 11) is 2.26. The Labute approximate surface area is 137 Å². The summed E-state index contributed by atoms with van der Waals surface area (Å²) in [6, 6.07) is 2.67. The number of carbonyl (C=O) groups is 2. The zero-order valence-corrected chi connectivity index (χ0v) is 13.3. The van der Waals surface area contributed by atoms with E-state index in [4.69, 9.17) is 0 Å². The fourth-order valence-corrected chi connectivity index (χ4v) is 2.17. The smallest absolute Gasteiger partial charge is 0.355 e. The predicted octanol–water partition coefficient (Wildman–Crippen LogP) is 2.76. The molecule has 0 fully saturated rings. The SMILES string of the molecule is COC(=O)C1=C(C(=O)OC)N(c2ccc(C)c(F)c2F)C=CC=C1. The van der Waals surface area contributed by atoms with Gasteiger partial charge in [0.05, 0.1) is 25.5 Å². The summed E-state index contributed by atoms with van der Waals surface area (Å²) >= 11 is 0. The summed E-state index contributed by atoms with van der Waals surface area (Å²) in [5.74, 6) is -3.89. The van der Waals surface area contributed by atoms with E-state index in [0.717, 1.165) is 19.1 Å². The number of methoxy groups -OCH3 is 2. The van der Waals surface area contributed by atoms with Crippen molar-refractivity contribution in [2.24, 2.45) is 0 Å². The number of rotatable bonds is 3. The monoisotopic (exact) mass is 335 g/mol. The summed E-state index contributed by atoms with van der Waals surface area (Å²) in [6.07, 6.45) is 5.59. The van der Waals surface area contributed by atoms with Crippen LogP contribution in [0.3, 0.4) is 0 Å². The van der Waals surface area contributed by atoms with Gasteiger partial charge in [-0.3, -0.25) is 0 Å². The summed E-state index contributed by atoms with van der Waals surface area (Å²) in [5, 5.41) is 0. The molecule has 0 radical (unpaired) electrons. The van der Waals surface area contributed by atoms with Gasteiger partial charge in [-0.15, -0.1) is 0 Å². The van der Waals surface area contributed by atoms with Gasteiger partial charge in [-0.2, -0.15) is 0 Å². The minimum atomic E-state index is -1.15. The minimum absolute atomic E-state index is 0.116. The number of hydrogen-bond donors (Lipinski definition) is 0. The Morgan fingerprint density at radius 1 is 1.00 bits per heavy atom. The number of anilines is 1. The molecule has 0 aliphatic carbocycles. The van der Waals surface area contributed by atoms with E-state index < -0.39 is 23.6 Å². The molecule has 0 N–H and O–H groups in total. The second-order valence-electron chi connectivity index (χ2n) is 4.85. The quantitative estimate of drug-likeness (QED) is 0.795. The first-order chi connectivity index (χ1) is 11.4. The average molecular weight is 335 g/mol. The minimum Gasteiger partial charge on any atom is -0.465 e. The highest BCUT2D eigenvalue weighted by Gasteiger charge is 2.29. The second-order valence-corrected chi connectivity index (χ2v) is 4.85. The number of carbonyl (C=O) groups excluding carboxylic acids is 2. The molecule has 1 aromatic rings. The topological polar surface area (TPSA) is 55.8 Å². The van der Waals surface area contributed by atoms with Gasteiger partial charge in [-0.1, -0.05) is 12.1 Å². The van der Waals surface area contributed by atoms with Crippen LogP contribution in [0.25, 0.3) is 0 Å². The molecule has 5 nitrogen and oxygen atoms in total. The number of hydrogen-bond acceptors (Lipinski definition) is 5. The maximum atomic E-state index is 14.4. The summed E-state index contributed by atoms with van der Waals surface area (Å²) in [5.41, 5.74) is -0.545. The number of aryl methyl sites for hydroxylation is 1. The van der Waals surface area contributed by atoms with Gasteiger partial charge in [-0.25, -0.2) is 18.4 Å². The molecule has 0 saturated carbocycles. The summed E-state index contributed by atoms with van der Waals surface area (Å²) in [6.45, 7) is 1.42. The van der Waals surface area contributed by atoms with E-state index in [0.29, 0.717) is 0 Å². The van der Waals surface area contributed by atoms with Gasteiger partial charge in [0.15, 0.2) is 11.6 Å². The van der Waals surface area contributed by atoms with Crippen molar-refractivity contribution in [3.8, 4) is 0 Å². The molecular weight excluding hydrogens is 320 g/mol. The third-order valence-corrected chi connectivity index (χ3v) is 3.40. The maximum absolute atomic E-state index is 14.4. The third kappa shape index (κ3) is 3.05. The molecule has 2 rings (SSSR count). The molecular formula is C17H15F2NO4. The van der Waals surface area contributed by atoms with Gasteiger partial charge >= 0.3 is 11.9 Å². The first-order valence-electron chi connectivity index (χ1n) is 6.92. The van der Waals surface area contributed by atoms with Crippen LogP contribution in [-0.2, 0) is 19.1 Å². The van der Waals surface area contributed by atoms with E-state index in [1.807, 2.05) is 0 Å². The van der Waals surface area contributed by atoms with Crippen molar-refractivity contribution in [3.63, 3.8) is 0 Å². The van der Waals surface area contributed by atoms with Crippen molar-refractivity contribution < 1.29 is 27.8 Å².